The van der Waals surface area contributed by atoms with E-state index in [1.165, 1.54) is 0 Å². The van der Waals surface area contributed by atoms with Crippen molar-refractivity contribution in [2.75, 3.05) is 0 Å². The summed E-state index contributed by atoms with van der Waals surface area (Å²) in [5.41, 5.74) is 0. The fourth-order valence-electron chi connectivity index (χ4n) is 0.407. The Hall–Kier alpha value is -0.400. The molecule has 0 amide bonds. The molecule has 0 saturated carbocycles. The Kier molecular flexibility index (Phi) is 3.65. The molecule has 0 fully saturated rings. The Bertz CT molecular complexity index is 194. The van der Waals surface area contributed by atoms with Gasteiger partial charge >= 0.3 is 12.4 Å². The van der Waals surface area contributed by atoms with E-state index >= 15 is 0 Å². The van der Waals surface area contributed by atoms with Gasteiger partial charge in [0.1, 0.15) is 5.25 Å². The number of halogens is 6. The summed E-state index contributed by atoms with van der Waals surface area (Å²) in [6.45, 7) is 0. The van der Waals surface area contributed by atoms with Crippen LogP contribution in [0.4, 0.5) is 26.3 Å². The third-order valence-corrected chi connectivity index (χ3v) is 1.55. The number of Topliss-reactive ketones (excluding diaryl/α,β-unsaturated/α-hetero) is 1. The molecule has 0 heterocycles. The molecule has 0 aromatic rings. The van der Waals surface area contributed by atoms with Gasteiger partial charge < -0.3 is 0 Å². The van der Waals surface area contributed by atoms with Crippen molar-refractivity contribution in [3.8, 4) is 0 Å². The highest BCUT2D eigenvalue weighted by Gasteiger charge is 2.45. The molecule has 8 heteroatoms. The quantitative estimate of drug-likeness (QED) is 0.565. The van der Waals surface area contributed by atoms with E-state index in [4.69, 9.17) is 0 Å². The molecule has 0 radical (unpaired) electrons. The maximum atomic E-state index is 11.6. The van der Waals surface area contributed by atoms with Gasteiger partial charge in [-0.25, -0.2) is 0 Å². The summed E-state index contributed by atoms with van der Waals surface area (Å²) in [6.07, 6.45) is -11.8. The fourth-order valence-corrected chi connectivity index (χ4v) is 0.573. The van der Waals surface area contributed by atoms with Crippen molar-refractivity contribution >= 4 is 18.4 Å². The van der Waals surface area contributed by atoms with Gasteiger partial charge in [-0.05, 0) is 0 Å². The van der Waals surface area contributed by atoms with Crippen LogP contribution in [-0.4, -0.2) is 23.4 Å². The van der Waals surface area contributed by atoms with Gasteiger partial charge in [-0.15, -0.1) is 0 Å². The normalized spacial score (nSPS) is 15.6. The summed E-state index contributed by atoms with van der Waals surface area (Å²) in [4.78, 5) is 10.0. The summed E-state index contributed by atoms with van der Waals surface area (Å²) in [6, 6.07) is 0. The van der Waals surface area contributed by atoms with Crippen LogP contribution < -0.4 is 0 Å². The summed E-state index contributed by atoms with van der Waals surface area (Å²) < 4.78 is 69.1. The molecule has 0 rings (SSSR count). The Labute approximate surface area is 74.5 Å². The Morgan fingerprint density at radius 3 is 1.77 bits per heavy atom. The standard InChI is InChI=1S/C5H4F6OS/c6-4(7,8)2(12)1-3(13)5(9,10)11/h3,13H,1H2. The predicted molar refractivity (Wildman–Crippen MR) is 34.5 cm³/mol. The Morgan fingerprint density at radius 1 is 1.15 bits per heavy atom. The third kappa shape index (κ3) is 4.39. The van der Waals surface area contributed by atoms with Crippen molar-refractivity contribution in [3.63, 3.8) is 0 Å². The SMILES string of the molecule is O=C(CC(S)C(F)(F)F)C(F)(F)F. The molecule has 0 bridgehead atoms. The van der Waals surface area contributed by atoms with Gasteiger partial charge in [0.15, 0.2) is 0 Å². The number of rotatable bonds is 2. The average molecular weight is 226 g/mol. The van der Waals surface area contributed by atoms with Gasteiger partial charge in [0.05, 0.1) is 0 Å². The molecule has 0 aliphatic heterocycles. The molecule has 0 spiro atoms. The molecular formula is C5H4F6OS. The maximum absolute atomic E-state index is 11.6. The lowest BCUT2D eigenvalue weighted by Crippen LogP contribution is -2.32. The molecule has 1 nitrogen and oxygen atoms in total. The van der Waals surface area contributed by atoms with Gasteiger partial charge in [-0.1, -0.05) is 0 Å². The number of hydrogen-bond acceptors (Lipinski definition) is 2. The molecule has 0 aliphatic rings. The summed E-state index contributed by atoms with van der Waals surface area (Å²) in [5.74, 6) is -2.43. The van der Waals surface area contributed by atoms with Crippen LogP contribution in [0.3, 0.4) is 0 Å². The highest BCUT2D eigenvalue weighted by Crippen LogP contribution is 2.29. The molecule has 78 valence electrons. The summed E-state index contributed by atoms with van der Waals surface area (Å²) in [5, 5.41) is -2.57. The molecule has 0 N–H and O–H groups in total. The van der Waals surface area contributed by atoms with E-state index in [0.29, 0.717) is 0 Å². The first-order chi connectivity index (χ1) is 5.55. The highest BCUT2D eigenvalue weighted by atomic mass is 32.1. The Morgan fingerprint density at radius 2 is 1.54 bits per heavy atom. The van der Waals surface area contributed by atoms with Crippen LogP contribution in [-0.2, 0) is 4.79 Å². The van der Waals surface area contributed by atoms with Crippen molar-refractivity contribution in [1.29, 1.82) is 0 Å². The van der Waals surface area contributed by atoms with Crippen molar-refractivity contribution < 1.29 is 31.1 Å². The number of alkyl halides is 6. The molecule has 13 heavy (non-hydrogen) atoms. The lowest BCUT2D eigenvalue weighted by molar-refractivity contribution is -0.176. The maximum Gasteiger partial charge on any atom is 0.450 e. The topological polar surface area (TPSA) is 17.1 Å². The first-order valence-electron chi connectivity index (χ1n) is 2.90. The van der Waals surface area contributed by atoms with E-state index in [1.807, 2.05) is 0 Å². The largest absolute Gasteiger partial charge is 0.450 e. The van der Waals surface area contributed by atoms with Crippen LogP contribution in [0, 0.1) is 0 Å². The van der Waals surface area contributed by atoms with Crippen molar-refractivity contribution in [2.45, 2.75) is 24.0 Å². The van der Waals surface area contributed by atoms with Crippen molar-refractivity contribution in [1.82, 2.24) is 0 Å². The van der Waals surface area contributed by atoms with Gasteiger partial charge in [-0.2, -0.15) is 39.0 Å². The summed E-state index contributed by atoms with van der Waals surface area (Å²) in [7, 11) is 0. The number of thiol groups is 1. The van der Waals surface area contributed by atoms with E-state index in [9.17, 15) is 31.1 Å². The minimum absolute atomic E-state index is 1.68. The zero-order valence-corrected chi connectivity index (χ0v) is 6.80. The van der Waals surface area contributed by atoms with E-state index in [0.717, 1.165) is 0 Å². The first kappa shape index (κ1) is 12.6. The minimum Gasteiger partial charge on any atom is -0.290 e. The zero-order chi connectivity index (χ0) is 10.9. The van der Waals surface area contributed by atoms with E-state index in [-0.39, 0.29) is 0 Å². The van der Waals surface area contributed by atoms with Crippen LogP contribution >= 0.6 is 12.6 Å². The monoisotopic (exact) mass is 226 g/mol. The van der Waals surface area contributed by atoms with Crippen molar-refractivity contribution in [3.05, 3.63) is 0 Å². The second kappa shape index (κ2) is 3.77. The number of ketones is 1. The highest BCUT2D eigenvalue weighted by molar-refractivity contribution is 7.81. The van der Waals surface area contributed by atoms with Gasteiger partial charge in [-0.3, -0.25) is 4.79 Å². The molecule has 1 atom stereocenters. The predicted octanol–water partition coefficient (Wildman–Crippen LogP) is 2.37. The number of carbonyl (C=O) groups is 1. The van der Waals surface area contributed by atoms with Gasteiger partial charge in [0, 0.05) is 6.42 Å². The van der Waals surface area contributed by atoms with E-state index < -0.39 is 29.8 Å². The lowest BCUT2D eigenvalue weighted by Gasteiger charge is -2.14. The molecule has 0 saturated heterocycles. The smallest absolute Gasteiger partial charge is 0.290 e. The number of hydrogen-bond donors (Lipinski definition) is 1. The summed E-state index contributed by atoms with van der Waals surface area (Å²) >= 11 is 2.84. The van der Waals surface area contributed by atoms with Crippen molar-refractivity contribution in [2.24, 2.45) is 0 Å². The van der Waals surface area contributed by atoms with Crippen LogP contribution in [0.1, 0.15) is 6.42 Å². The van der Waals surface area contributed by atoms with Crippen LogP contribution in [0.15, 0.2) is 0 Å². The molecule has 0 aromatic heterocycles. The van der Waals surface area contributed by atoms with Gasteiger partial charge in [0.2, 0.25) is 5.78 Å². The van der Waals surface area contributed by atoms with Crippen LogP contribution in [0.2, 0.25) is 0 Å². The second-order valence-electron chi connectivity index (χ2n) is 2.18. The fraction of sp³-hybridized carbons (Fsp3) is 0.800. The third-order valence-electron chi connectivity index (χ3n) is 1.07. The average Bonchev–Trinajstić information content (AvgIpc) is 1.82. The number of carbonyl (C=O) groups excluding carboxylic acids is 1. The first-order valence-corrected chi connectivity index (χ1v) is 3.41. The molecule has 1 unspecified atom stereocenters. The lowest BCUT2D eigenvalue weighted by atomic mass is 10.2. The van der Waals surface area contributed by atoms with Gasteiger partial charge in [0.25, 0.3) is 0 Å². The van der Waals surface area contributed by atoms with E-state index in [1.54, 1.807) is 0 Å². The second-order valence-corrected chi connectivity index (χ2v) is 2.81. The van der Waals surface area contributed by atoms with E-state index in [2.05, 4.69) is 12.6 Å². The van der Waals surface area contributed by atoms with Crippen LogP contribution in [0.5, 0.6) is 0 Å². The molecular weight excluding hydrogens is 222 g/mol. The zero-order valence-electron chi connectivity index (χ0n) is 5.91. The minimum atomic E-state index is -5.23. The van der Waals surface area contributed by atoms with Crippen LogP contribution in [0.25, 0.3) is 0 Å². The molecule has 0 aliphatic carbocycles. The Balaban J connectivity index is 4.24. The molecule has 0 aromatic carbocycles.